The number of hydrogen-bond donors (Lipinski definition) is 4. The molecule has 0 bridgehead atoms. The number of fused-ring (bicyclic) bond motifs is 1. The normalized spacial score (nSPS) is 10.7. The topological polar surface area (TPSA) is 136 Å². The van der Waals surface area contributed by atoms with E-state index in [9.17, 15) is 14.0 Å². The van der Waals surface area contributed by atoms with Crippen molar-refractivity contribution in [3.8, 4) is 0 Å². The van der Waals surface area contributed by atoms with Gasteiger partial charge in [0, 0.05) is 23.2 Å². The molecular formula is C23H19FN6O2. The van der Waals surface area contributed by atoms with Gasteiger partial charge in [0.25, 0.3) is 5.91 Å². The molecule has 1 heterocycles. The number of nitrogens with zero attached hydrogens (tertiary/aromatic N) is 2. The van der Waals surface area contributed by atoms with E-state index in [1.54, 1.807) is 42.5 Å². The number of anilines is 3. The lowest BCUT2D eigenvalue weighted by molar-refractivity contribution is 0.0997. The molecule has 0 unspecified atom stereocenters. The minimum Gasteiger partial charge on any atom is -0.397 e. The third-order valence-electron chi connectivity index (χ3n) is 4.81. The summed E-state index contributed by atoms with van der Waals surface area (Å²) in [5.41, 5.74) is 13.9. The van der Waals surface area contributed by atoms with Crippen molar-refractivity contribution in [1.82, 2.24) is 9.97 Å². The molecule has 160 valence electrons. The van der Waals surface area contributed by atoms with Crippen LogP contribution in [0.1, 0.15) is 26.3 Å². The van der Waals surface area contributed by atoms with Gasteiger partial charge in [-0.25, -0.2) is 9.37 Å². The van der Waals surface area contributed by atoms with Crippen molar-refractivity contribution in [2.45, 2.75) is 6.54 Å². The highest BCUT2D eigenvalue weighted by atomic mass is 19.1. The SMILES string of the molecule is NC(=O)c1ccc2ncc(NCc3ccc(C(=O)Nc4ccccc4N)cc3F)nc2c1. The van der Waals surface area contributed by atoms with Gasteiger partial charge in [-0.15, -0.1) is 0 Å². The first-order valence-electron chi connectivity index (χ1n) is 9.65. The molecule has 0 spiro atoms. The average Bonchev–Trinajstić information content (AvgIpc) is 2.79. The Balaban J connectivity index is 1.46. The van der Waals surface area contributed by atoms with Crippen LogP contribution >= 0.6 is 0 Å². The van der Waals surface area contributed by atoms with Crippen LogP contribution in [-0.4, -0.2) is 21.8 Å². The van der Waals surface area contributed by atoms with Crippen LogP contribution < -0.4 is 22.1 Å². The number of nitrogens with two attached hydrogens (primary N) is 2. The Morgan fingerprint density at radius 3 is 2.50 bits per heavy atom. The zero-order valence-electron chi connectivity index (χ0n) is 16.8. The molecule has 1 aromatic heterocycles. The molecular weight excluding hydrogens is 411 g/mol. The summed E-state index contributed by atoms with van der Waals surface area (Å²) >= 11 is 0. The number of nitrogens with one attached hydrogen (secondary N) is 2. The number of para-hydroxylation sites is 2. The van der Waals surface area contributed by atoms with Crippen LogP contribution in [0, 0.1) is 5.82 Å². The summed E-state index contributed by atoms with van der Waals surface area (Å²) in [7, 11) is 0. The number of benzene rings is 3. The fourth-order valence-electron chi connectivity index (χ4n) is 3.07. The third kappa shape index (κ3) is 4.46. The molecule has 4 aromatic rings. The number of aromatic nitrogens is 2. The van der Waals surface area contributed by atoms with Crippen molar-refractivity contribution in [3.05, 3.63) is 89.4 Å². The largest absolute Gasteiger partial charge is 0.397 e. The zero-order chi connectivity index (χ0) is 22.7. The van der Waals surface area contributed by atoms with Crippen molar-refractivity contribution in [2.75, 3.05) is 16.4 Å². The Kier molecular flexibility index (Phi) is 5.63. The molecule has 0 aliphatic heterocycles. The van der Waals surface area contributed by atoms with Crippen LogP contribution in [-0.2, 0) is 6.54 Å². The molecule has 4 rings (SSSR count). The van der Waals surface area contributed by atoms with Crippen LogP contribution in [0.25, 0.3) is 11.0 Å². The second kappa shape index (κ2) is 8.68. The van der Waals surface area contributed by atoms with E-state index in [4.69, 9.17) is 11.5 Å². The van der Waals surface area contributed by atoms with E-state index in [1.807, 2.05) is 0 Å². The number of primary amides is 1. The number of rotatable bonds is 6. The first-order chi connectivity index (χ1) is 15.4. The standard InChI is InChI=1S/C23H19FN6O2/c24-16-9-14(23(32)30-18-4-2-1-3-17(18)25)5-6-15(16)11-28-21-12-27-19-8-7-13(22(26)31)10-20(19)29-21/h1-10,12H,11,25H2,(H2,26,31)(H,28,29)(H,30,32). The van der Waals surface area contributed by atoms with Gasteiger partial charge in [0.1, 0.15) is 11.6 Å². The Hall–Kier alpha value is -4.53. The molecule has 0 saturated heterocycles. The molecule has 9 heteroatoms. The Bertz CT molecular complexity index is 1340. The summed E-state index contributed by atoms with van der Waals surface area (Å²) in [4.78, 5) is 32.4. The summed E-state index contributed by atoms with van der Waals surface area (Å²) in [5, 5.41) is 5.65. The molecule has 0 fully saturated rings. The summed E-state index contributed by atoms with van der Waals surface area (Å²) in [6.45, 7) is 0.120. The summed E-state index contributed by atoms with van der Waals surface area (Å²) in [6, 6.07) is 15.8. The van der Waals surface area contributed by atoms with Gasteiger partial charge >= 0.3 is 0 Å². The van der Waals surface area contributed by atoms with Gasteiger partial charge in [0.2, 0.25) is 5.91 Å². The number of hydrogen-bond acceptors (Lipinski definition) is 6. The van der Waals surface area contributed by atoms with Crippen molar-refractivity contribution in [2.24, 2.45) is 5.73 Å². The number of carbonyl (C=O) groups is 2. The predicted molar refractivity (Wildman–Crippen MR) is 121 cm³/mol. The molecule has 8 nitrogen and oxygen atoms in total. The Labute approximate surface area is 182 Å². The lowest BCUT2D eigenvalue weighted by atomic mass is 10.1. The zero-order valence-corrected chi connectivity index (χ0v) is 16.8. The van der Waals surface area contributed by atoms with Crippen LogP contribution in [0.4, 0.5) is 21.6 Å². The number of nitrogen functional groups attached to an aromatic ring is 1. The summed E-state index contributed by atoms with van der Waals surface area (Å²) in [5.74, 6) is -1.17. The molecule has 0 aliphatic carbocycles. The summed E-state index contributed by atoms with van der Waals surface area (Å²) < 4.78 is 14.6. The second-order valence-electron chi connectivity index (χ2n) is 7.02. The molecule has 0 aliphatic rings. The van der Waals surface area contributed by atoms with Gasteiger partial charge in [-0.2, -0.15) is 0 Å². The van der Waals surface area contributed by atoms with E-state index in [0.29, 0.717) is 39.4 Å². The van der Waals surface area contributed by atoms with E-state index >= 15 is 0 Å². The van der Waals surface area contributed by atoms with E-state index in [-0.39, 0.29) is 12.1 Å². The van der Waals surface area contributed by atoms with Crippen LogP contribution in [0.5, 0.6) is 0 Å². The molecule has 32 heavy (non-hydrogen) atoms. The van der Waals surface area contributed by atoms with Gasteiger partial charge in [-0.05, 0) is 42.5 Å². The van der Waals surface area contributed by atoms with E-state index in [1.165, 1.54) is 18.3 Å². The van der Waals surface area contributed by atoms with Crippen LogP contribution in [0.3, 0.4) is 0 Å². The molecule has 3 aromatic carbocycles. The molecule has 6 N–H and O–H groups in total. The van der Waals surface area contributed by atoms with Gasteiger partial charge in [-0.3, -0.25) is 14.6 Å². The lowest BCUT2D eigenvalue weighted by Crippen LogP contribution is -2.14. The third-order valence-corrected chi connectivity index (χ3v) is 4.81. The quantitative estimate of drug-likeness (QED) is 0.347. The maximum absolute atomic E-state index is 14.6. The highest BCUT2D eigenvalue weighted by Gasteiger charge is 2.12. The monoisotopic (exact) mass is 430 g/mol. The number of carbonyl (C=O) groups excluding carboxylic acids is 2. The Morgan fingerprint density at radius 2 is 1.75 bits per heavy atom. The minimum absolute atomic E-state index is 0.120. The predicted octanol–water partition coefficient (Wildman–Crippen LogP) is 3.31. The maximum atomic E-state index is 14.6. The highest BCUT2D eigenvalue weighted by Crippen LogP contribution is 2.20. The highest BCUT2D eigenvalue weighted by molar-refractivity contribution is 6.05. The van der Waals surface area contributed by atoms with Crippen LogP contribution in [0.15, 0.2) is 66.9 Å². The van der Waals surface area contributed by atoms with Gasteiger partial charge < -0.3 is 22.1 Å². The molecule has 2 amide bonds. The first-order valence-corrected chi connectivity index (χ1v) is 9.65. The van der Waals surface area contributed by atoms with E-state index in [2.05, 4.69) is 20.6 Å². The van der Waals surface area contributed by atoms with Crippen molar-refractivity contribution in [1.29, 1.82) is 0 Å². The lowest BCUT2D eigenvalue weighted by Gasteiger charge is -2.10. The first kappa shape index (κ1) is 20.7. The molecule has 0 saturated carbocycles. The van der Waals surface area contributed by atoms with Gasteiger partial charge in [-0.1, -0.05) is 18.2 Å². The smallest absolute Gasteiger partial charge is 0.255 e. The van der Waals surface area contributed by atoms with Crippen LogP contribution in [0.2, 0.25) is 0 Å². The number of halogens is 1. The Morgan fingerprint density at radius 1 is 0.969 bits per heavy atom. The van der Waals surface area contributed by atoms with Crippen molar-refractivity contribution in [3.63, 3.8) is 0 Å². The van der Waals surface area contributed by atoms with E-state index < -0.39 is 17.6 Å². The van der Waals surface area contributed by atoms with Gasteiger partial charge in [0.05, 0.1) is 28.6 Å². The fourth-order valence-corrected chi connectivity index (χ4v) is 3.07. The maximum Gasteiger partial charge on any atom is 0.255 e. The summed E-state index contributed by atoms with van der Waals surface area (Å²) in [6.07, 6.45) is 1.51. The minimum atomic E-state index is -0.562. The van der Waals surface area contributed by atoms with Crippen molar-refractivity contribution >= 4 is 40.0 Å². The number of amides is 2. The average molecular weight is 430 g/mol. The van der Waals surface area contributed by atoms with E-state index in [0.717, 1.165) is 6.07 Å². The second-order valence-corrected chi connectivity index (χ2v) is 7.02. The molecule has 0 radical (unpaired) electrons. The fraction of sp³-hybridized carbons (Fsp3) is 0.0435. The van der Waals surface area contributed by atoms with Gasteiger partial charge in [0.15, 0.2) is 0 Å². The molecule has 0 atom stereocenters. The van der Waals surface area contributed by atoms with Crippen molar-refractivity contribution < 1.29 is 14.0 Å².